The molecule has 4 atom stereocenters. The molecule has 2 fully saturated rings. The lowest BCUT2D eigenvalue weighted by Crippen LogP contribution is -2.50. The van der Waals surface area contributed by atoms with Crippen molar-refractivity contribution in [2.24, 2.45) is 17.8 Å². The number of unbranched alkanes of at least 4 members (excludes halogenated alkanes) is 2. The van der Waals surface area contributed by atoms with E-state index in [1.165, 1.54) is 83.5 Å². The molecule has 0 aromatic rings. The second-order valence-corrected chi connectivity index (χ2v) is 10.4. The van der Waals surface area contributed by atoms with E-state index in [1.54, 1.807) is 0 Å². The van der Waals surface area contributed by atoms with Crippen LogP contribution in [0.15, 0.2) is 0 Å². The average molecular weight is 436 g/mol. The maximum atomic E-state index is 4.34. The molecule has 0 amide bonds. The fraction of sp³-hybridized carbons (Fsp3) is 1.00. The van der Waals surface area contributed by atoms with E-state index in [0.29, 0.717) is 4.32 Å². The van der Waals surface area contributed by atoms with Crippen LogP contribution in [0.25, 0.3) is 0 Å². The van der Waals surface area contributed by atoms with Crippen molar-refractivity contribution in [3.05, 3.63) is 0 Å². The van der Waals surface area contributed by atoms with Crippen molar-refractivity contribution in [1.82, 2.24) is 0 Å². The molecule has 0 aromatic heterocycles. The Kier molecular flexibility index (Phi) is 8.28. The Morgan fingerprint density at radius 1 is 0.909 bits per heavy atom. The molecule has 0 nitrogen and oxygen atoms in total. The van der Waals surface area contributed by atoms with Crippen molar-refractivity contribution in [1.29, 1.82) is 0 Å². The second kappa shape index (κ2) is 9.44. The fourth-order valence-corrected chi connectivity index (χ4v) is 7.92. The molecule has 2 rings (SSSR count). The third kappa shape index (κ3) is 4.52. The molecule has 130 valence electrons. The molecule has 2 aliphatic carbocycles. The lowest BCUT2D eigenvalue weighted by atomic mass is 9.63. The quantitative estimate of drug-likeness (QED) is 0.281. The molecule has 2 aliphatic rings. The molecule has 2 heteroatoms. The highest BCUT2D eigenvalue weighted by Crippen LogP contribution is 2.55. The average Bonchev–Trinajstić information content (AvgIpc) is 2.55. The standard InChI is InChI=1S/C20H36Br2/c1-3-5-7-11-16-14-15-20(22,17-12-8-6-9-13-17)18(10-4-2)19(16)21/h16-19H,3-15H2,1-2H3. The lowest BCUT2D eigenvalue weighted by molar-refractivity contribution is 0.132. The van der Waals surface area contributed by atoms with Gasteiger partial charge in [0.1, 0.15) is 0 Å². The van der Waals surface area contributed by atoms with Crippen LogP contribution in [0.1, 0.15) is 97.3 Å². The molecule has 0 bridgehead atoms. The van der Waals surface area contributed by atoms with Gasteiger partial charge < -0.3 is 0 Å². The third-order valence-corrected chi connectivity index (χ3v) is 9.43. The van der Waals surface area contributed by atoms with Crippen molar-refractivity contribution < 1.29 is 0 Å². The van der Waals surface area contributed by atoms with Gasteiger partial charge in [-0.15, -0.1) is 0 Å². The molecule has 0 aliphatic heterocycles. The molecule has 4 unspecified atom stereocenters. The van der Waals surface area contributed by atoms with Crippen LogP contribution in [0, 0.1) is 17.8 Å². The zero-order valence-corrected chi connectivity index (χ0v) is 17.9. The number of rotatable bonds is 7. The van der Waals surface area contributed by atoms with E-state index < -0.39 is 0 Å². The first-order valence-corrected chi connectivity index (χ1v) is 11.7. The molecule has 0 N–H and O–H groups in total. The van der Waals surface area contributed by atoms with E-state index in [0.717, 1.165) is 22.6 Å². The van der Waals surface area contributed by atoms with Gasteiger partial charge in [-0.3, -0.25) is 0 Å². The minimum atomic E-state index is 0.429. The van der Waals surface area contributed by atoms with Gasteiger partial charge in [0.05, 0.1) is 0 Å². The van der Waals surface area contributed by atoms with E-state index in [-0.39, 0.29) is 0 Å². The van der Waals surface area contributed by atoms with Crippen LogP contribution < -0.4 is 0 Å². The SMILES string of the molecule is CCCCCC1CCC(Br)(C2CCCCC2)C(CCC)C1Br. The summed E-state index contributed by atoms with van der Waals surface area (Å²) in [6, 6.07) is 0. The summed E-state index contributed by atoms with van der Waals surface area (Å²) in [6.45, 7) is 4.69. The highest BCUT2D eigenvalue weighted by Gasteiger charge is 2.50. The molecular formula is C20H36Br2. The molecular weight excluding hydrogens is 400 g/mol. The topological polar surface area (TPSA) is 0 Å². The van der Waals surface area contributed by atoms with E-state index in [4.69, 9.17) is 0 Å². The number of alkyl halides is 2. The van der Waals surface area contributed by atoms with Gasteiger partial charge in [-0.25, -0.2) is 0 Å². The summed E-state index contributed by atoms with van der Waals surface area (Å²) in [6.07, 6.45) is 18.5. The maximum absolute atomic E-state index is 4.34. The monoisotopic (exact) mass is 434 g/mol. The Bertz CT molecular complexity index is 311. The Balaban J connectivity index is 2.04. The van der Waals surface area contributed by atoms with Gasteiger partial charge in [-0.1, -0.05) is 90.7 Å². The Hall–Kier alpha value is 0.960. The number of hydrogen-bond acceptors (Lipinski definition) is 0. The summed E-state index contributed by atoms with van der Waals surface area (Å²) in [5.74, 6) is 2.67. The van der Waals surface area contributed by atoms with Crippen LogP contribution in [0.5, 0.6) is 0 Å². The molecule has 22 heavy (non-hydrogen) atoms. The van der Waals surface area contributed by atoms with Crippen LogP contribution in [0.4, 0.5) is 0 Å². The highest BCUT2D eigenvalue weighted by atomic mass is 79.9. The van der Waals surface area contributed by atoms with Crippen LogP contribution in [0.3, 0.4) is 0 Å². The molecule has 0 aromatic carbocycles. The van der Waals surface area contributed by atoms with Crippen LogP contribution in [-0.2, 0) is 0 Å². The summed E-state index contributed by atoms with van der Waals surface area (Å²) in [5.41, 5.74) is 0. The molecule has 2 saturated carbocycles. The second-order valence-electron chi connectivity index (χ2n) is 7.90. The van der Waals surface area contributed by atoms with Crippen molar-refractivity contribution >= 4 is 31.9 Å². The van der Waals surface area contributed by atoms with E-state index in [9.17, 15) is 0 Å². The normalized spacial score (nSPS) is 37.4. The summed E-state index contributed by atoms with van der Waals surface area (Å²) in [4.78, 5) is 0.736. The number of hydrogen-bond donors (Lipinski definition) is 0. The van der Waals surface area contributed by atoms with E-state index in [2.05, 4.69) is 45.7 Å². The zero-order chi connectivity index (χ0) is 16.0. The Morgan fingerprint density at radius 3 is 2.27 bits per heavy atom. The van der Waals surface area contributed by atoms with Gasteiger partial charge in [0.15, 0.2) is 0 Å². The first kappa shape index (κ1) is 19.3. The fourth-order valence-electron chi connectivity index (χ4n) is 5.10. The van der Waals surface area contributed by atoms with Crippen LogP contribution in [-0.4, -0.2) is 9.15 Å². The third-order valence-electron chi connectivity index (χ3n) is 6.41. The van der Waals surface area contributed by atoms with E-state index >= 15 is 0 Å². The predicted molar refractivity (Wildman–Crippen MR) is 106 cm³/mol. The molecule has 0 spiro atoms. The van der Waals surface area contributed by atoms with Gasteiger partial charge in [-0.05, 0) is 56.3 Å². The highest BCUT2D eigenvalue weighted by molar-refractivity contribution is 9.10. The van der Waals surface area contributed by atoms with Crippen LogP contribution in [0.2, 0.25) is 0 Å². The van der Waals surface area contributed by atoms with E-state index in [1.807, 2.05) is 0 Å². The first-order chi connectivity index (χ1) is 10.6. The van der Waals surface area contributed by atoms with Gasteiger partial charge in [0.2, 0.25) is 0 Å². The summed E-state index contributed by atoms with van der Waals surface area (Å²) in [7, 11) is 0. The Labute approximate surface area is 155 Å². The Morgan fingerprint density at radius 2 is 1.64 bits per heavy atom. The molecule has 0 saturated heterocycles. The maximum Gasteiger partial charge on any atom is 0.0325 e. The first-order valence-electron chi connectivity index (χ1n) is 9.96. The van der Waals surface area contributed by atoms with Gasteiger partial charge in [-0.2, -0.15) is 0 Å². The van der Waals surface area contributed by atoms with Gasteiger partial charge in [0, 0.05) is 9.15 Å². The van der Waals surface area contributed by atoms with Gasteiger partial charge >= 0.3 is 0 Å². The summed E-state index contributed by atoms with van der Waals surface area (Å²) < 4.78 is 0.429. The lowest BCUT2D eigenvalue weighted by Gasteiger charge is -2.51. The van der Waals surface area contributed by atoms with Crippen molar-refractivity contribution in [2.75, 3.05) is 0 Å². The smallest absolute Gasteiger partial charge is 0.0325 e. The largest absolute Gasteiger partial charge is 0.0884 e. The van der Waals surface area contributed by atoms with Crippen molar-refractivity contribution in [3.63, 3.8) is 0 Å². The van der Waals surface area contributed by atoms with Crippen molar-refractivity contribution in [2.45, 2.75) is 106 Å². The summed E-state index contributed by atoms with van der Waals surface area (Å²) >= 11 is 8.53. The minimum Gasteiger partial charge on any atom is -0.0884 e. The van der Waals surface area contributed by atoms with Crippen molar-refractivity contribution in [3.8, 4) is 0 Å². The molecule has 0 heterocycles. The zero-order valence-electron chi connectivity index (χ0n) is 14.8. The van der Waals surface area contributed by atoms with Gasteiger partial charge in [0.25, 0.3) is 0 Å². The minimum absolute atomic E-state index is 0.429. The summed E-state index contributed by atoms with van der Waals surface area (Å²) in [5, 5.41) is 0. The van der Waals surface area contributed by atoms with Crippen LogP contribution >= 0.6 is 31.9 Å². The number of halogens is 2. The molecule has 0 radical (unpaired) electrons. The predicted octanol–water partition coefficient (Wildman–Crippen LogP) is 7.87.